The lowest BCUT2D eigenvalue weighted by Crippen LogP contribution is -2.35. The second kappa shape index (κ2) is 8.07. The van der Waals surface area contributed by atoms with Crippen molar-refractivity contribution in [3.8, 4) is 11.3 Å². The number of benzene rings is 1. The average molecular weight is 447 g/mol. The van der Waals surface area contributed by atoms with Crippen molar-refractivity contribution in [2.45, 2.75) is 46.7 Å². The molecule has 142 valence electrons. The first-order valence-corrected chi connectivity index (χ1v) is 10.5. The summed E-state index contributed by atoms with van der Waals surface area (Å²) in [5.41, 5.74) is 2.17. The topological polar surface area (TPSA) is 45.8 Å². The zero-order chi connectivity index (χ0) is 19.7. The largest absolute Gasteiger partial charge is 0.457 e. The van der Waals surface area contributed by atoms with Gasteiger partial charge in [-0.25, -0.2) is 0 Å². The number of thioether (sulfide) groups is 1. The van der Waals surface area contributed by atoms with E-state index in [9.17, 15) is 4.79 Å². The SMILES string of the molecule is Cc1ccc(-c2ccc(/C=C3\SC(=NC(C)C)N(C(C)C)C3=O)o2)c(Br)c1. The molecule has 0 atom stereocenters. The molecule has 1 saturated heterocycles. The van der Waals surface area contributed by atoms with Gasteiger partial charge < -0.3 is 4.42 Å². The Hall–Kier alpha value is -1.79. The van der Waals surface area contributed by atoms with Crippen molar-refractivity contribution in [2.75, 3.05) is 0 Å². The third kappa shape index (κ3) is 4.38. The number of nitrogens with zero attached hydrogens (tertiary/aromatic N) is 2. The Morgan fingerprint density at radius 1 is 1.19 bits per heavy atom. The van der Waals surface area contributed by atoms with Gasteiger partial charge in [-0.3, -0.25) is 14.7 Å². The van der Waals surface area contributed by atoms with Crippen LogP contribution in [0.1, 0.15) is 39.0 Å². The minimum Gasteiger partial charge on any atom is -0.457 e. The molecule has 27 heavy (non-hydrogen) atoms. The lowest BCUT2D eigenvalue weighted by molar-refractivity contribution is -0.123. The van der Waals surface area contributed by atoms with Crippen molar-refractivity contribution in [1.82, 2.24) is 4.90 Å². The van der Waals surface area contributed by atoms with Crippen LogP contribution < -0.4 is 0 Å². The summed E-state index contributed by atoms with van der Waals surface area (Å²) >= 11 is 5.00. The molecule has 3 rings (SSSR count). The van der Waals surface area contributed by atoms with Crippen LogP contribution in [0.25, 0.3) is 17.4 Å². The fourth-order valence-electron chi connectivity index (χ4n) is 2.78. The van der Waals surface area contributed by atoms with Crippen LogP contribution in [0.3, 0.4) is 0 Å². The van der Waals surface area contributed by atoms with Gasteiger partial charge in [0, 0.05) is 28.2 Å². The Morgan fingerprint density at radius 2 is 1.93 bits per heavy atom. The number of aliphatic imine (C=N–C) groups is 1. The van der Waals surface area contributed by atoms with Gasteiger partial charge in [-0.05, 0) is 76.2 Å². The van der Waals surface area contributed by atoms with Crippen molar-refractivity contribution < 1.29 is 9.21 Å². The third-order valence-corrected chi connectivity index (χ3v) is 5.67. The smallest absolute Gasteiger partial charge is 0.267 e. The van der Waals surface area contributed by atoms with E-state index in [0.29, 0.717) is 10.7 Å². The maximum absolute atomic E-state index is 12.8. The van der Waals surface area contributed by atoms with Crippen molar-refractivity contribution in [3.63, 3.8) is 0 Å². The van der Waals surface area contributed by atoms with Crippen LogP contribution in [0.15, 0.2) is 49.1 Å². The van der Waals surface area contributed by atoms with E-state index in [1.165, 1.54) is 17.3 Å². The third-order valence-electron chi connectivity index (χ3n) is 4.01. The van der Waals surface area contributed by atoms with E-state index in [4.69, 9.17) is 4.42 Å². The number of carbonyl (C=O) groups excluding carboxylic acids is 1. The summed E-state index contributed by atoms with van der Waals surface area (Å²) in [6, 6.07) is 10.1. The second-order valence-electron chi connectivity index (χ2n) is 7.07. The molecule has 0 N–H and O–H groups in total. The molecule has 0 radical (unpaired) electrons. The first-order valence-electron chi connectivity index (χ1n) is 8.93. The molecule has 1 aliphatic rings. The van der Waals surface area contributed by atoms with Gasteiger partial charge in [0.15, 0.2) is 5.17 Å². The first kappa shape index (κ1) is 20.0. The van der Waals surface area contributed by atoms with Gasteiger partial charge in [-0.2, -0.15) is 0 Å². The predicted octanol–water partition coefficient (Wildman–Crippen LogP) is 6.11. The average Bonchev–Trinajstić information content (AvgIpc) is 3.12. The van der Waals surface area contributed by atoms with Gasteiger partial charge in [0.2, 0.25) is 0 Å². The van der Waals surface area contributed by atoms with Gasteiger partial charge in [-0.1, -0.05) is 22.0 Å². The van der Waals surface area contributed by atoms with E-state index in [0.717, 1.165) is 21.0 Å². The van der Waals surface area contributed by atoms with Crippen molar-refractivity contribution in [1.29, 1.82) is 0 Å². The number of halogens is 1. The number of amidine groups is 1. The van der Waals surface area contributed by atoms with Crippen LogP contribution >= 0.6 is 27.7 Å². The lowest BCUT2D eigenvalue weighted by Gasteiger charge is -2.20. The molecule has 0 aliphatic carbocycles. The maximum atomic E-state index is 12.8. The highest BCUT2D eigenvalue weighted by atomic mass is 79.9. The summed E-state index contributed by atoms with van der Waals surface area (Å²) in [7, 11) is 0. The summed E-state index contributed by atoms with van der Waals surface area (Å²) in [6.45, 7) is 10.1. The summed E-state index contributed by atoms with van der Waals surface area (Å²) in [5, 5.41) is 0.754. The zero-order valence-electron chi connectivity index (χ0n) is 16.1. The van der Waals surface area contributed by atoms with E-state index in [-0.39, 0.29) is 18.0 Å². The van der Waals surface area contributed by atoms with Crippen LogP contribution in [0, 0.1) is 6.92 Å². The Balaban J connectivity index is 1.91. The molecular formula is C21H23BrN2O2S. The molecule has 6 heteroatoms. The monoisotopic (exact) mass is 446 g/mol. The van der Waals surface area contributed by atoms with Gasteiger partial charge in [0.05, 0.1) is 4.91 Å². The predicted molar refractivity (Wildman–Crippen MR) is 117 cm³/mol. The molecule has 2 aromatic rings. The van der Waals surface area contributed by atoms with Crippen LogP contribution in [0.4, 0.5) is 0 Å². The molecule has 1 aliphatic heterocycles. The fourth-order valence-corrected chi connectivity index (χ4v) is 4.68. The Bertz CT molecular complexity index is 928. The number of carbonyl (C=O) groups is 1. The summed E-state index contributed by atoms with van der Waals surface area (Å²) in [5.74, 6) is 1.40. The highest BCUT2D eigenvalue weighted by Crippen LogP contribution is 2.36. The first-order chi connectivity index (χ1) is 12.8. The van der Waals surface area contributed by atoms with Crippen LogP contribution in [-0.4, -0.2) is 28.1 Å². The Labute approximate surface area is 172 Å². The van der Waals surface area contributed by atoms with E-state index in [2.05, 4.69) is 27.0 Å². The molecule has 0 unspecified atom stereocenters. The second-order valence-corrected chi connectivity index (χ2v) is 8.93. The molecule has 1 aromatic heterocycles. The lowest BCUT2D eigenvalue weighted by atomic mass is 10.1. The zero-order valence-corrected chi connectivity index (χ0v) is 18.5. The Morgan fingerprint density at radius 3 is 2.56 bits per heavy atom. The van der Waals surface area contributed by atoms with Gasteiger partial charge in [0.25, 0.3) is 5.91 Å². The molecule has 1 fully saturated rings. The highest BCUT2D eigenvalue weighted by molar-refractivity contribution is 9.10. The van der Waals surface area contributed by atoms with E-state index < -0.39 is 0 Å². The normalized spacial score (nSPS) is 17.9. The molecule has 1 aromatic carbocycles. The highest BCUT2D eigenvalue weighted by Gasteiger charge is 2.35. The number of aryl methyl sites for hydroxylation is 1. The standard InChI is InChI=1S/C21H23BrN2O2S/c1-12(2)23-21-24(13(3)4)20(25)19(27-21)11-15-7-9-18(26-15)16-8-6-14(5)10-17(16)22/h6-13H,1-5H3/b19-11-,23-21?. The van der Waals surface area contributed by atoms with Crippen molar-refractivity contribution >= 4 is 44.8 Å². The minimum atomic E-state index is -0.0242. The molecule has 0 saturated carbocycles. The molecule has 0 bridgehead atoms. The van der Waals surface area contributed by atoms with Gasteiger partial charge >= 0.3 is 0 Å². The number of hydrogen-bond donors (Lipinski definition) is 0. The summed E-state index contributed by atoms with van der Waals surface area (Å²) in [4.78, 5) is 19.8. The van der Waals surface area contributed by atoms with Crippen LogP contribution in [0.5, 0.6) is 0 Å². The molecule has 1 amide bonds. The minimum absolute atomic E-state index is 0.0242. The molecule has 0 spiro atoms. The summed E-state index contributed by atoms with van der Waals surface area (Å²) in [6.07, 6.45) is 1.80. The molecule has 2 heterocycles. The summed E-state index contributed by atoms with van der Waals surface area (Å²) < 4.78 is 6.97. The van der Waals surface area contributed by atoms with Crippen molar-refractivity contribution in [3.05, 3.63) is 51.0 Å². The van der Waals surface area contributed by atoms with Gasteiger partial charge in [-0.15, -0.1) is 0 Å². The van der Waals surface area contributed by atoms with Crippen LogP contribution in [-0.2, 0) is 4.79 Å². The molecular weight excluding hydrogens is 424 g/mol. The van der Waals surface area contributed by atoms with E-state index >= 15 is 0 Å². The maximum Gasteiger partial charge on any atom is 0.267 e. The fraction of sp³-hybridized carbons (Fsp3) is 0.333. The van der Waals surface area contributed by atoms with E-state index in [1.807, 2.05) is 58.9 Å². The number of amides is 1. The molecule has 4 nitrogen and oxygen atoms in total. The van der Waals surface area contributed by atoms with Crippen molar-refractivity contribution in [2.24, 2.45) is 4.99 Å². The van der Waals surface area contributed by atoms with E-state index in [1.54, 1.807) is 11.0 Å². The quantitative estimate of drug-likeness (QED) is 0.532. The number of hydrogen-bond acceptors (Lipinski definition) is 4. The van der Waals surface area contributed by atoms with Gasteiger partial charge in [0.1, 0.15) is 11.5 Å². The van der Waals surface area contributed by atoms with Crippen LogP contribution in [0.2, 0.25) is 0 Å². The number of rotatable bonds is 4. The Kier molecular flexibility index (Phi) is 5.96. The number of furan rings is 1.